The molecule has 1 saturated carbocycles. The second-order valence-electron chi connectivity index (χ2n) is 5.82. The van der Waals surface area contributed by atoms with Crippen molar-refractivity contribution in [2.24, 2.45) is 11.7 Å². The van der Waals surface area contributed by atoms with Gasteiger partial charge in [-0.1, -0.05) is 31.0 Å². The van der Waals surface area contributed by atoms with Crippen molar-refractivity contribution < 1.29 is 4.74 Å². The third-order valence-corrected chi connectivity index (χ3v) is 4.29. The molecule has 0 spiro atoms. The standard InChI is InChI=1S/C17H27NO/c1-3-14-5-7-16(8-6-14)19-17-9-4-13(2)12-15(17)10-11-18/h4,9,12,14,16H,3,5-8,10-11,18H2,1-2H3. The van der Waals surface area contributed by atoms with Crippen molar-refractivity contribution in [3.8, 4) is 5.75 Å². The van der Waals surface area contributed by atoms with Crippen LogP contribution in [0.1, 0.15) is 50.2 Å². The maximum atomic E-state index is 6.23. The van der Waals surface area contributed by atoms with Crippen molar-refractivity contribution in [1.82, 2.24) is 0 Å². The van der Waals surface area contributed by atoms with E-state index < -0.39 is 0 Å². The highest BCUT2D eigenvalue weighted by atomic mass is 16.5. The fraction of sp³-hybridized carbons (Fsp3) is 0.647. The van der Waals surface area contributed by atoms with E-state index in [0.717, 1.165) is 18.1 Å². The van der Waals surface area contributed by atoms with Crippen molar-refractivity contribution in [3.05, 3.63) is 29.3 Å². The van der Waals surface area contributed by atoms with E-state index in [0.29, 0.717) is 12.6 Å². The molecule has 0 saturated heterocycles. The maximum absolute atomic E-state index is 6.23. The largest absolute Gasteiger partial charge is 0.490 e. The van der Waals surface area contributed by atoms with Crippen LogP contribution in [0, 0.1) is 12.8 Å². The first-order valence-corrected chi connectivity index (χ1v) is 7.69. The van der Waals surface area contributed by atoms with Crippen molar-refractivity contribution in [1.29, 1.82) is 0 Å². The van der Waals surface area contributed by atoms with E-state index in [9.17, 15) is 0 Å². The van der Waals surface area contributed by atoms with Crippen LogP contribution in [0.5, 0.6) is 5.75 Å². The topological polar surface area (TPSA) is 35.2 Å². The first-order chi connectivity index (χ1) is 9.22. The van der Waals surface area contributed by atoms with Crippen molar-refractivity contribution >= 4 is 0 Å². The van der Waals surface area contributed by atoms with Gasteiger partial charge in [-0.05, 0) is 63.1 Å². The Hall–Kier alpha value is -1.02. The molecule has 0 amide bonds. The molecule has 0 heterocycles. The molecule has 1 aliphatic rings. The highest BCUT2D eigenvalue weighted by Crippen LogP contribution is 2.30. The van der Waals surface area contributed by atoms with E-state index in [1.54, 1.807) is 0 Å². The molecular weight excluding hydrogens is 234 g/mol. The number of ether oxygens (including phenoxy) is 1. The highest BCUT2D eigenvalue weighted by molar-refractivity contribution is 5.37. The molecule has 1 aliphatic carbocycles. The normalized spacial score (nSPS) is 23.3. The molecule has 1 aromatic carbocycles. The lowest BCUT2D eigenvalue weighted by Crippen LogP contribution is -2.24. The van der Waals surface area contributed by atoms with E-state index in [-0.39, 0.29) is 0 Å². The van der Waals surface area contributed by atoms with Crippen molar-refractivity contribution in [2.45, 2.75) is 58.5 Å². The average Bonchev–Trinajstić information content (AvgIpc) is 2.43. The van der Waals surface area contributed by atoms with Gasteiger partial charge in [-0.25, -0.2) is 0 Å². The number of rotatable bonds is 5. The summed E-state index contributed by atoms with van der Waals surface area (Å²) < 4.78 is 6.23. The van der Waals surface area contributed by atoms with Gasteiger partial charge in [0, 0.05) is 0 Å². The zero-order valence-electron chi connectivity index (χ0n) is 12.3. The number of hydrogen-bond donors (Lipinski definition) is 1. The molecule has 106 valence electrons. The SMILES string of the molecule is CCC1CCC(Oc2ccc(C)cc2CCN)CC1. The minimum absolute atomic E-state index is 0.405. The molecule has 0 aliphatic heterocycles. The molecule has 0 aromatic heterocycles. The summed E-state index contributed by atoms with van der Waals surface area (Å²) in [6.07, 6.45) is 7.67. The van der Waals surface area contributed by atoms with E-state index in [1.807, 2.05) is 0 Å². The van der Waals surface area contributed by atoms with E-state index in [1.165, 1.54) is 43.2 Å². The predicted octanol–water partition coefficient (Wildman–Crippen LogP) is 3.84. The molecule has 2 heteroatoms. The molecule has 0 radical (unpaired) electrons. The monoisotopic (exact) mass is 261 g/mol. The molecular formula is C17H27NO. The third-order valence-electron chi connectivity index (χ3n) is 4.29. The van der Waals surface area contributed by atoms with Crippen LogP contribution in [0.3, 0.4) is 0 Å². The molecule has 1 aromatic rings. The Kier molecular flexibility index (Phi) is 5.26. The predicted molar refractivity (Wildman–Crippen MR) is 80.6 cm³/mol. The molecule has 19 heavy (non-hydrogen) atoms. The van der Waals surface area contributed by atoms with Crippen LogP contribution in [0.15, 0.2) is 18.2 Å². The van der Waals surface area contributed by atoms with Gasteiger partial charge in [-0.15, -0.1) is 0 Å². The van der Waals surface area contributed by atoms with Crippen LogP contribution < -0.4 is 10.5 Å². The van der Waals surface area contributed by atoms with Crippen molar-refractivity contribution in [3.63, 3.8) is 0 Å². The second-order valence-corrected chi connectivity index (χ2v) is 5.82. The van der Waals surface area contributed by atoms with Gasteiger partial charge in [0.2, 0.25) is 0 Å². The zero-order valence-corrected chi connectivity index (χ0v) is 12.3. The molecule has 1 fully saturated rings. The van der Waals surface area contributed by atoms with Gasteiger partial charge < -0.3 is 10.5 Å². The summed E-state index contributed by atoms with van der Waals surface area (Å²) in [5.41, 5.74) is 8.24. The first-order valence-electron chi connectivity index (χ1n) is 7.69. The fourth-order valence-electron chi connectivity index (χ4n) is 3.01. The van der Waals surface area contributed by atoms with Crippen LogP contribution >= 0.6 is 0 Å². The van der Waals surface area contributed by atoms with Gasteiger partial charge in [-0.3, -0.25) is 0 Å². The first kappa shape index (κ1) is 14.4. The van der Waals surface area contributed by atoms with E-state index in [4.69, 9.17) is 10.5 Å². The number of nitrogens with two attached hydrogens (primary N) is 1. The quantitative estimate of drug-likeness (QED) is 0.874. The Morgan fingerprint density at radius 1 is 1.21 bits per heavy atom. The number of benzene rings is 1. The van der Waals surface area contributed by atoms with Crippen LogP contribution in [-0.4, -0.2) is 12.6 Å². The lowest BCUT2D eigenvalue weighted by molar-refractivity contribution is 0.129. The Balaban J connectivity index is 1.99. The van der Waals surface area contributed by atoms with Gasteiger partial charge in [0.05, 0.1) is 6.10 Å². The molecule has 0 unspecified atom stereocenters. The van der Waals surface area contributed by atoms with E-state index in [2.05, 4.69) is 32.0 Å². The Bertz CT molecular complexity index is 394. The van der Waals surface area contributed by atoms with Crippen LogP contribution in [0.4, 0.5) is 0 Å². The van der Waals surface area contributed by atoms with Gasteiger partial charge in [-0.2, -0.15) is 0 Å². The lowest BCUT2D eigenvalue weighted by atomic mass is 9.86. The van der Waals surface area contributed by atoms with Crippen LogP contribution in [0.25, 0.3) is 0 Å². The minimum atomic E-state index is 0.405. The molecule has 2 N–H and O–H groups in total. The zero-order chi connectivity index (χ0) is 13.7. The Morgan fingerprint density at radius 3 is 2.58 bits per heavy atom. The van der Waals surface area contributed by atoms with Crippen LogP contribution in [-0.2, 0) is 6.42 Å². The molecule has 0 bridgehead atoms. The summed E-state index contributed by atoms with van der Waals surface area (Å²) in [5, 5.41) is 0. The molecule has 2 nitrogen and oxygen atoms in total. The summed E-state index contributed by atoms with van der Waals surface area (Å²) in [5.74, 6) is 1.97. The summed E-state index contributed by atoms with van der Waals surface area (Å²) in [6, 6.07) is 6.46. The fourth-order valence-corrected chi connectivity index (χ4v) is 3.01. The summed E-state index contributed by atoms with van der Waals surface area (Å²) in [6.45, 7) is 5.10. The summed E-state index contributed by atoms with van der Waals surface area (Å²) in [4.78, 5) is 0. The number of aryl methyl sites for hydroxylation is 1. The van der Waals surface area contributed by atoms with Crippen molar-refractivity contribution in [2.75, 3.05) is 6.54 Å². The smallest absolute Gasteiger partial charge is 0.122 e. The van der Waals surface area contributed by atoms with Gasteiger partial charge in [0.15, 0.2) is 0 Å². The third kappa shape index (κ3) is 3.97. The van der Waals surface area contributed by atoms with Crippen LogP contribution in [0.2, 0.25) is 0 Å². The Morgan fingerprint density at radius 2 is 1.95 bits per heavy atom. The molecule has 0 atom stereocenters. The van der Waals surface area contributed by atoms with Gasteiger partial charge >= 0.3 is 0 Å². The van der Waals surface area contributed by atoms with Gasteiger partial charge in [0.25, 0.3) is 0 Å². The maximum Gasteiger partial charge on any atom is 0.122 e. The van der Waals surface area contributed by atoms with Gasteiger partial charge in [0.1, 0.15) is 5.75 Å². The average molecular weight is 261 g/mol. The summed E-state index contributed by atoms with van der Waals surface area (Å²) >= 11 is 0. The number of hydrogen-bond acceptors (Lipinski definition) is 2. The minimum Gasteiger partial charge on any atom is -0.490 e. The molecule has 2 rings (SSSR count). The summed E-state index contributed by atoms with van der Waals surface area (Å²) in [7, 11) is 0. The van der Waals surface area contributed by atoms with E-state index >= 15 is 0 Å². The lowest BCUT2D eigenvalue weighted by Gasteiger charge is -2.29. The highest BCUT2D eigenvalue weighted by Gasteiger charge is 2.21. The Labute approximate surface area is 117 Å². The second kappa shape index (κ2) is 6.95.